The molecule has 0 saturated carbocycles. The van der Waals surface area contributed by atoms with E-state index in [4.69, 9.17) is 17.0 Å². The lowest BCUT2D eigenvalue weighted by Crippen LogP contribution is -2.31. The maximum Gasteiger partial charge on any atom is 0.341 e. The van der Waals surface area contributed by atoms with E-state index >= 15 is 0 Å². The second kappa shape index (κ2) is 10.7. The van der Waals surface area contributed by atoms with Gasteiger partial charge in [0.1, 0.15) is 5.00 Å². The van der Waals surface area contributed by atoms with Crippen LogP contribution in [-0.2, 0) is 4.74 Å². The van der Waals surface area contributed by atoms with Gasteiger partial charge in [0.15, 0.2) is 5.11 Å². The number of esters is 1. The summed E-state index contributed by atoms with van der Waals surface area (Å²) in [5.74, 6) is -0.603. The zero-order valence-electron chi connectivity index (χ0n) is 19.2. The van der Waals surface area contributed by atoms with Crippen molar-refractivity contribution in [2.24, 2.45) is 0 Å². The number of anilines is 1. The van der Waals surface area contributed by atoms with Gasteiger partial charge in [0, 0.05) is 13.1 Å². The van der Waals surface area contributed by atoms with Crippen LogP contribution in [0.2, 0.25) is 0 Å². The quantitative estimate of drug-likeness (QED) is 0.447. The topological polar surface area (TPSA) is 70.7 Å². The molecule has 1 unspecified atom stereocenters. The number of methoxy groups -OCH3 is 1. The highest BCUT2D eigenvalue weighted by Crippen LogP contribution is 2.34. The third-order valence-electron chi connectivity index (χ3n) is 5.25. The Balaban J connectivity index is 2.30. The fraction of sp³-hybridized carbons (Fsp3) is 0.435. The van der Waals surface area contributed by atoms with Gasteiger partial charge in [-0.15, -0.1) is 11.3 Å². The normalized spacial score (nSPS) is 11.6. The second-order valence-corrected chi connectivity index (χ2v) is 8.84. The summed E-state index contributed by atoms with van der Waals surface area (Å²) in [5.41, 5.74) is 4.46. The molecule has 0 aliphatic carbocycles. The average molecular weight is 462 g/mol. The van der Waals surface area contributed by atoms with Crippen LogP contribution in [0.4, 0.5) is 5.00 Å². The van der Waals surface area contributed by atoms with Crippen LogP contribution >= 0.6 is 23.6 Å². The summed E-state index contributed by atoms with van der Waals surface area (Å²) in [6, 6.07) is 6.26. The molecule has 31 heavy (non-hydrogen) atoms. The maximum absolute atomic E-state index is 12.9. The molecule has 0 radical (unpaired) electrons. The van der Waals surface area contributed by atoms with E-state index in [1.807, 2.05) is 20.8 Å². The molecule has 0 saturated heterocycles. The van der Waals surface area contributed by atoms with Gasteiger partial charge >= 0.3 is 5.97 Å². The molecule has 168 valence electrons. The number of hydrogen-bond acceptors (Lipinski definition) is 5. The van der Waals surface area contributed by atoms with Crippen LogP contribution in [0.1, 0.15) is 69.1 Å². The highest BCUT2D eigenvalue weighted by atomic mass is 32.1. The predicted octanol–water partition coefficient (Wildman–Crippen LogP) is 4.99. The van der Waals surface area contributed by atoms with Crippen molar-refractivity contribution < 1.29 is 14.3 Å². The van der Waals surface area contributed by atoms with Crippen molar-refractivity contribution in [2.75, 3.05) is 25.5 Å². The number of ether oxygens (including phenoxy) is 1. The summed E-state index contributed by atoms with van der Waals surface area (Å²) in [5, 5.41) is 7.27. The molecule has 6 nitrogen and oxygen atoms in total. The van der Waals surface area contributed by atoms with Crippen LogP contribution in [0.3, 0.4) is 0 Å². The number of nitrogens with one attached hydrogen (secondary N) is 2. The number of thiophene rings is 1. The number of carbonyl (C=O) groups is 2. The van der Waals surface area contributed by atoms with Gasteiger partial charge in [-0.25, -0.2) is 4.79 Å². The van der Waals surface area contributed by atoms with Gasteiger partial charge in [0.2, 0.25) is 0 Å². The Kier molecular flexibility index (Phi) is 8.59. The summed E-state index contributed by atoms with van der Waals surface area (Å²) in [6.07, 6.45) is 0. The van der Waals surface area contributed by atoms with E-state index in [2.05, 4.69) is 42.7 Å². The Morgan fingerprint density at radius 3 is 2.39 bits per heavy atom. The van der Waals surface area contributed by atoms with Crippen molar-refractivity contribution >= 4 is 45.5 Å². The molecule has 0 spiro atoms. The van der Waals surface area contributed by atoms with E-state index in [-0.39, 0.29) is 11.9 Å². The van der Waals surface area contributed by atoms with E-state index in [0.29, 0.717) is 39.2 Å². The highest BCUT2D eigenvalue weighted by Gasteiger charge is 2.27. The minimum absolute atomic E-state index is 0.0278. The van der Waals surface area contributed by atoms with Crippen molar-refractivity contribution in [3.8, 4) is 0 Å². The summed E-state index contributed by atoms with van der Waals surface area (Å²) in [4.78, 5) is 27.6. The molecule has 2 rings (SSSR count). The number of aryl methyl sites for hydroxylation is 2. The maximum atomic E-state index is 12.9. The Morgan fingerprint density at radius 2 is 1.84 bits per heavy atom. The fourth-order valence-electron chi connectivity index (χ4n) is 3.53. The van der Waals surface area contributed by atoms with Gasteiger partial charge in [-0.2, -0.15) is 0 Å². The number of carbonyl (C=O) groups excluding carboxylic acids is 2. The number of rotatable bonds is 7. The van der Waals surface area contributed by atoms with Gasteiger partial charge in [-0.3, -0.25) is 4.79 Å². The first-order valence-electron chi connectivity index (χ1n) is 10.3. The van der Waals surface area contributed by atoms with E-state index < -0.39 is 5.97 Å². The molecule has 1 aromatic heterocycles. The summed E-state index contributed by atoms with van der Waals surface area (Å²) in [6.45, 7) is 13.0. The van der Waals surface area contributed by atoms with Gasteiger partial charge in [-0.05, 0) is 70.5 Å². The standard InChI is InChI=1S/C23H31N3O3S2/c1-8-26(9-2)21(27)19-15(5)18(22(28)29-7)20(31-19)25-23(30)24-16(6)17-11-10-13(3)12-14(17)4/h10-12,16H,8-9H2,1-7H3,(H2,24,25,30). The van der Waals surface area contributed by atoms with Crippen molar-refractivity contribution in [2.45, 2.75) is 47.6 Å². The highest BCUT2D eigenvalue weighted by molar-refractivity contribution is 7.80. The molecule has 1 aromatic carbocycles. The molecule has 0 aliphatic rings. The molecule has 2 aromatic rings. The summed E-state index contributed by atoms with van der Waals surface area (Å²) >= 11 is 6.74. The molecule has 0 aliphatic heterocycles. The Bertz CT molecular complexity index is 981. The average Bonchev–Trinajstić information content (AvgIpc) is 3.03. The van der Waals surface area contributed by atoms with Crippen molar-refractivity contribution in [3.63, 3.8) is 0 Å². The van der Waals surface area contributed by atoms with Gasteiger partial charge in [0.05, 0.1) is 23.6 Å². The van der Waals surface area contributed by atoms with Crippen molar-refractivity contribution in [1.82, 2.24) is 10.2 Å². The third-order valence-corrected chi connectivity index (χ3v) is 6.66. The lowest BCUT2D eigenvalue weighted by atomic mass is 10.0. The molecule has 1 heterocycles. The minimum atomic E-state index is -0.500. The SMILES string of the molecule is CCN(CC)C(=O)c1sc(NC(=S)NC(C)c2ccc(C)cc2C)c(C(=O)OC)c1C. The van der Waals surface area contributed by atoms with Crippen LogP contribution in [0, 0.1) is 20.8 Å². The Labute approximate surface area is 194 Å². The molecule has 0 fully saturated rings. The first-order valence-corrected chi connectivity index (χ1v) is 11.5. The Morgan fingerprint density at radius 1 is 1.19 bits per heavy atom. The molecular weight excluding hydrogens is 430 g/mol. The number of benzene rings is 1. The minimum Gasteiger partial charge on any atom is -0.465 e. The summed E-state index contributed by atoms with van der Waals surface area (Å²) < 4.78 is 4.96. The molecule has 1 amide bonds. The van der Waals surface area contributed by atoms with Crippen LogP contribution in [0.5, 0.6) is 0 Å². The Hall–Kier alpha value is -2.45. The number of thiocarbonyl (C=S) groups is 1. The zero-order chi connectivity index (χ0) is 23.3. The lowest BCUT2D eigenvalue weighted by molar-refractivity contribution is 0.0601. The smallest absolute Gasteiger partial charge is 0.341 e. The molecule has 8 heteroatoms. The van der Waals surface area contributed by atoms with E-state index in [9.17, 15) is 9.59 Å². The monoisotopic (exact) mass is 461 g/mol. The van der Waals surface area contributed by atoms with E-state index in [1.54, 1.807) is 11.8 Å². The molecule has 2 N–H and O–H groups in total. The predicted molar refractivity (Wildman–Crippen MR) is 131 cm³/mol. The van der Waals surface area contributed by atoms with E-state index in [1.165, 1.54) is 29.6 Å². The largest absolute Gasteiger partial charge is 0.465 e. The van der Waals surface area contributed by atoms with Crippen LogP contribution in [0.25, 0.3) is 0 Å². The van der Waals surface area contributed by atoms with Crippen molar-refractivity contribution in [3.05, 3.63) is 50.9 Å². The summed E-state index contributed by atoms with van der Waals surface area (Å²) in [7, 11) is 1.33. The van der Waals surface area contributed by atoms with Gasteiger partial charge in [0.25, 0.3) is 5.91 Å². The van der Waals surface area contributed by atoms with Crippen molar-refractivity contribution in [1.29, 1.82) is 0 Å². The van der Waals surface area contributed by atoms with E-state index in [0.717, 1.165) is 5.56 Å². The second-order valence-electron chi connectivity index (χ2n) is 7.41. The number of hydrogen-bond donors (Lipinski definition) is 2. The van der Waals surface area contributed by atoms with Crippen LogP contribution < -0.4 is 10.6 Å². The third kappa shape index (κ3) is 5.62. The van der Waals surface area contributed by atoms with Crippen LogP contribution in [-0.4, -0.2) is 42.1 Å². The first-order chi connectivity index (χ1) is 14.6. The van der Waals surface area contributed by atoms with Crippen LogP contribution in [0.15, 0.2) is 18.2 Å². The lowest BCUT2D eigenvalue weighted by Gasteiger charge is -2.19. The molecular formula is C23H31N3O3S2. The van der Waals surface area contributed by atoms with Gasteiger partial charge < -0.3 is 20.3 Å². The number of amides is 1. The first kappa shape index (κ1) is 24.8. The zero-order valence-corrected chi connectivity index (χ0v) is 20.8. The van der Waals surface area contributed by atoms with Gasteiger partial charge in [-0.1, -0.05) is 23.8 Å². The molecule has 1 atom stereocenters. The number of nitrogens with zero attached hydrogens (tertiary/aromatic N) is 1. The molecule has 0 bridgehead atoms. The fourth-order valence-corrected chi connectivity index (χ4v) is 5.04.